The first-order chi connectivity index (χ1) is 12.3. The molecule has 3 rings (SSSR count). The maximum Gasteiger partial charge on any atom is 0.435 e. The van der Waals surface area contributed by atoms with Gasteiger partial charge in [0.2, 0.25) is 5.88 Å². The Bertz CT molecular complexity index is 820. The van der Waals surface area contributed by atoms with Crippen LogP contribution in [0.3, 0.4) is 0 Å². The molecule has 1 atom stereocenters. The summed E-state index contributed by atoms with van der Waals surface area (Å²) in [6, 6.07) is 1.14. The van der Waals surface area contributed by atoms with E-state index in [-0.39, 0.29) is 5.88 Å². The predicted octanol–water partition coefficient (Wildman–Crippen LogP) is 2.67. The number of aromatic nitrogens is 4. The SMILES string of the molecule is COc1ccc(NC(=O)NC2CCCn3nc(C)nc32)c(C(F)(F)F)n1. The molecule has 2 amide bonds. The first kappa shape index (κ1) is 18.0. The van der Waals surface area contributed by atoms with Gasteiger partial charge < -0.3 is 15.4 Å². The largest absolute Gasteiger partial charge is 0.481 e. The van der Waals surface area contributed by atoms with E-state index < -0.39 is 29.6 Å². The van der Waals surface area contributed by atoms with Gasteiger partial charge in [-0.2, -0.15) is 18.3 Å². The number of hydrogen-bond acceptors (Lipinski definition) is 5. The molecule has 26 heavy (non-hydrogen) atoms. The lowest BCUT2D eigenvalue weighted by Gasteiger charge is -2.23. The molecule has 1 aliphatic rings. The number of alkyl halides is 3. The fourth-order valence-corrected chi connectivity index (χ4v) is 2.79. The summed E-state index contributed by atoms with van der Waals surface area (Å²) in [5, 5.41) is 9.07. The van der Waals surface area contributed by atoms with Crippen LogP contribution < -0.4 is 15.4 Å². The van der Waals surface area contributed by atoms with Gasteiger partial charge in [0.25, 0.3) is 0 Å². The molecule has 0 fully saturated rings. The number of hydrogen-bond donors (Lipinski definition) is 2. The molecule has 0 spiro atoms. The summed E-state index contributed by atoms with van der Waals surface area (Å²) < 4.78 is 45.9. The number of ether oxygens (including phenoxy) is 1. The van der Waals surface area contributed by atoms with E-state index in [0.29, 0.717) is 24.6 Å². The van der Waals surface area contributed by atoms with E-state index in [4.69, 9.17) is 4.74 Å². The molecular weight excluding hydrogens is 353 g/mol. The van der Waals surface area contributed by atoms with E-state index in [9.17, 15) is 18.0 Å². The van der Waals surface area contributed by atoms with Crippen molar-refractivity contribution in [1.29, 1.82) is 0 Å². The second-order valence-electron chi connectivity index (χ2n) is 5.78. The monoisotopic (exact) mass is 370 g/mol. The third-order valence-corrected chi connectivity index (χ3v) is 3.88. The lowest BCUT2D eigenvalue weighted by molar-refractivity contribution is -0.140. The maximum atomic E-state index is 13.2. The van der Waals surface area contributed by atoms with Crippen molar-refractivity contribution in [3.63, 3.8) is 0 Å². The highest BCUT2D eigenvalue weighted by atomic mass is 19.4. The Kier molecular flexibility index (Phi) is 4.70. The quantitative estimate of drug-likeness (QED) is 0.866. The lowest BCUT2D eigenvalue weighted by atomic mass is 10.1. The number of fused-ring (bicyclic) bond motifs is 1. The van der Waals surface area contributed by atoms with Gasteiger partial charge in [0.15, 0.2) is 5.69 Å². The summed E-state index contributed by atoms with van der Waals surface area (Å²) in [4.78, 5) is 19.9. The smallest absolute Gasteiger partial charge is 0.435 e. The number of carbonyl (C=O) groups is 1. The zero-order valence-corrected chi connectivity index (χ0v) is 14.1. The van der Waals surface area contributed by atoms with Gasteiger partial charge in [0.1, 0.15) is 11.6 Å². The van der Waals surface area contributed by atoms with Crippen LogP contribution in [0.1, 0.15) is 36.2 Å². The molecule has 11 heteroatoms. The standard InChI is InChI=1S/C15H17F3N6O2/c1-8-19-13-10(4-3-7-24(13)23-8)21-14(25)20-9-5-6-11(26-2)22-12(9)15(16,17)18/h5-6,10H,3-4,7H2,1-2H3,(H2,20,21,25). The van der Waals surface area contributed by atoms with Crippen molar-refractivity contribution in [2.75, 3.05) is 12.4 Å². The van der Waals surface area contributed by atoms with Gasteiger partial charge >= 0.3 is 12.2 Å². The number of urea groups is 1. The normalized spacial score (nSPS) is 16.7. The van der Waals surface area contributed by atoms with E-state index in [0.717, 1.165) is 12.5 Å². The van der Waals surface area contributed by atoms with Crippen LogP contribution in [-0.4, -0.2) is 32.9 Å². The highest BCUT2D eigenvalue weighted by Gasteiger charge is 2.37. The lowest BCUT2D eigenvalue weighted by Crippen LogP contribution is -2.36. The van der Waals surface area contributed by atoms with Crippen molar-refractivity contribution in [3.05, 3.63) is 29.5 Å². The number of pyridine rings is 1. The van der Waals surface area contributed by atoms with E-state index in [1.165, 1.54) is 13.2 Å². The van der Waals surface area contributed by atoms with Crippen LogP contribution in [-0.2, 0) is 12.7 Å². The number of nitrogens with one attached hydrogen (secondary N) is 2. The maximum absolute atomic E-state index is 13.2. The van der Waals surface area contributed by atoms with Gasteiger partial charge in [-0.25, -0.2) is 19.4 Å². The second kappa shape index (κ2) is 6.81. The van der Waals surface area contributed by atoms with Crippen molar-refractivity contribution in [2.24, 2.45) is 0 Å². The number of aryl methyl sites for hydroxylation is 2. The Hall–Kier alpha value is -2.85. The van der Waals surface area contributed by atoms with Gasteiger partial charge in [0.05, 0.1) is 18.8 Å². The summed E-state index contributed by atoms with van der Waals surface area (Å²) in [6.45, 7) is 2.43. The van der Waals surface area contributed by atoms with E-state index in [1.807, 2.05) is 0 Å². The Morgan fingerprint density at radius 1 is 1.35 bits per heavy atom. The Balaban J connectivity index is 1.77. The third kappa shape index (κ3) is 3.70. The number of anilines is 1. The topological polar surface area (TPSA) is 94.0 Å². The molecule has 0 saturated heterocycles. The van der Waals surface area contributed by atoms with Crippen LogP contribution in [0.15, 0.2) is 12.1 Å². The van der Waals surface area contributed by atoms with Gasteiger partial charge in [-0.3, -0.25) is 0 Å². The number of amides is 2. The van der Waals surface area contributed by atoms with Crippen LogP contribution in [0.2, 0.25) is 0 Å². The third-order valence-electron chi connectivity index (χ3n) is 3.88. The highest BCUT2D eigenvalue weighted by Crippen LogP contribution is 2.34. The summed E-state index contributed by atoms with van der Waals surface area (Å²) in [5.74, 6) is 0.972. The van der Waals surface area contributed by atoms with Gasteiger partial charge in [-0.05, 0) is 25.8 Å². The van der Waals surface area contributed by atoms with Gasteiger partial charge in [-0.15, -0.1) is 0 Å². The fraction of sp³-hybridized carbons (Fsp3) is 0.467. The van der Waals surface area contributed by atoms with E-state index in [2.05, 4.69) is 25.7 Å². The molecule has 8 nitrogen and oxygen atoms in total. The van der Waals surface area contributed by atoms with Crippen LogP contribution in [0.5, 0.6) is 5.88 Å². The van der Waals surface area contributed by atoms with Crippen molar-refractivity contribution >= 4 is 11.7 Å². The number of rotatable bonds is 3. The van der Waals surface area contributed by atoms with E-state index in [1.54, 1.807) is 11.6 Å². The molecule has 0 bridgehead atoms. The van der Waals surface area contributed by atoms with Crippen molar-refractivity contribution in [3.8, 4) is 5.88 Å². The fourth-order valence-electron chi connectivity index (χ4n) is 2.79. The minimum Gasteiger partial charge on any atom is -0.481 e. The number of methoxy groups -OCH3 is 1. The summed E-state index contributed by atoms with van der Waals surface area (Å²) in [5.41, 5.74) is -1.68. The predicted molar refractivity (Wildman–Crippen MR) is 84.7 cm³/mol. The molecule has 0 saturated carbocycles. The number of carbonyl (C=O) groups excluding carboxylic acids is 1. The Morgan fingerprint density at radius 2 is 2.12 bits per heavy atom. The molecule has 2 aromatic rings. The minimum absolute atomic E-state index is 0.195. The summed E-state index contributed by atoms with van der Waals surface area (Å²) in [7, 11) is 1.21. The summed E-state index contributed by atoms with van der Waals surface area (Å²) in [6.07, 6.45) is -3.34. The molecule has 0 aliphatic carbocycles. The average molecular weight is 370 g/mol. The molecule has 0 radical (unpaired) electrons. The Labute approximate surface area is 146 Å². The van der Waals surface area contributed by atoms with Gasteiger partial charge in [0, 0.05) is 12.6 Å². The van der Waals surface area contributed by atoms with Crippen molar-refractivity contribution < 1.29 is 22.7 Å². The molecule has 3 heterocycles. The van der Waals surface area contributed by atoms with Crippen LogP contribution in [0.25, 0.3) is 0 Å². The molecular formula is C15H17F3N6O2. The second-order valence-corrected chi connectivity index (χ2v) is 5.78. The van der Waals surface area contributed by atoms with Crippen molar-refractivity contribution in [1.82, 2.24) is 25.1 Å². The molecule has 1 aliphatic heterocycles. The van der Waals surface area contributed by atoms with Gasteiger partial charge in [-0.1, -0.05) is 0 Å². The molecule has 0 aromatic carbocycles. The van der Waals surface area contributed by atoms with Crippen LogP contribution >= 0.6 is 0 Å². The molecule has 2 aromatic heterocycles. The molecule has 140 valence electrons. The van der Waals surface area contributed by atoms with Crippen LogP contribution in [0.4, 0.5) is 23.7 Å². The first-order valence-corrected chi connectivity index (χ1v) is 7.89. The molecule has 1 unspecified atom stereocenters. The Morgan fingerprint density at radius 3 is 2.81 bits per heavy atom. The first-order valence-electron chi connectivity index (χ1n) is 7.89. The zero-order valence-electron chi connectivity index (χ0n) is 14.1. The average Bonchev–Trinajstić information content (AvgIpc) is 2.95. The minimum atomic E-state index is -4.74. The highest BCUT2D eigenvalue weighted by molar-refractivity contribution is 5.90. The van der Waals surface area contributed by atoms with E-state index >= 15 is 0 Å². The summed E-state index contributed by atoms with van der Waals surface area (Å²) >= 11 is 0. The zero-order chi connectivity index (χ0) is 18.9. The number of halogens is 3. The van der Waals surface area contributed by atoms with Crippen LogP contribution in [0, 0.1) is 6.92 Å². The van der Waals surface area contributed by atoms with Crippen molar-refractivity contribution in [2.45, 2.75) is 38.5 Å². The number of nitrogens with zero attached hydrogens (tertiary/aromatic N) is 4. The molecule has 2 N–H and O–H groups in total.